The van der Waals surface area contributed by atoms with Crippen LogP contribution in [0, 0.1) is 5.82 Å². The van der Waals surface area contributed by atoms with Gasteiger partial charge in [-0.1, -0.05) is 32.0 Å². The summed E-state index contributed by atoms with van der Waals surface area (Å²) in [6, 6.07) is 7.23. The smallest absolute Gasteiger partial charge is 0.187 e. The van der Waals surface area contributed by atoms with Gasteiger partial charge in [0.25, 0.3) is 0 Å². The minimum atomic E-state index is -0.349. The third kappa shape index (κ3) is 6.04. The van der Waals surface area contributed by atoms with Gasteiger partial charge in [0.1, 0.15) is 5.82 Å². The van der Waals surface area contributed by atoms with E-state index in [0.717, 1.165) is 0 Å². The van der Waals surface area contributed by atoms with Gasteiger partial charge in [-0.2, -0.15) is 0 Å². The number of Topliss-reactive ketones (excluding diaryl/α,β-unsaturated/α-hetero) is 1. The second kappa shape index (κ2) is 9.23. The van der Waals surface area contributed by atoms with Gasteiger partial charge in [-0.3, -0.25) is 4.79 Å². The van der Waals surface area contributed by atoms with Gasteiger partial charge in [-0.05, 0) is 36.6 Å². The van der Waals surface area contributed by atoms with Crippen molar-refractivity contribution in [2.45, 2.75) is 31.8 Å². The standard InChI is InChI=1S/C13H11FN2OS.C3H8/c1-18-13-15-7-6-11(16-13)8-12(17)9-2-4-10(14)5-3-9;1-3-2/h2-7H,8H2,1H3;3H2,1-2H3. The molecule has 0 aliphatic heterocycles. The Labute approximate surface area is 129 Å². The molecule has 112 valence electrons. The molecule has 5 heteroatoms. The second-order valence-corrected chi connectivity index (χ2v) is 5.12. The third-order valence-corrected chi connectivity index (χ3v) is 2.94. The van der Waals surface area contributed by atoms with Crippen molar-refractivity contribution in [2.24, 2.45) is 0 Å². The van der Waals surface area contributed by atoms with E-state index in [1.54, 1.807) is 12.3 Å². The van der Waals surface area contributed by atoms with Crippen molar-refractivity contribution in [1.29, 1.82) is 0 Å². The Morgan fingerprint density at radius 2 is 1.81 bits per heavy atom. The van der Waals surface area contributed by atoms with Crippen molar-refractivity contribution >= 4 is 17.5 Å². The summed E-state index contributed by atoms with van der Waals surface area (Å²) in [6.07, 6.45) is 4.95. The Bertz CT molecular complexity index is 573. The SMILES string of the molecule is CCC.CSc1nccc(CC(=O)c2ccc(F)cc2)n1. The van der Waals surface area contributed by atoms with E-state index < -0.39 is 0 Å². The summed E-state index contributed by atoms with van der Waals surface area (Å²) < 4.78 is 12.7. The Morgan fingerprint density at radius 3 is 2.38 bits per heavy atom. The maximum Gasteiger partial charge on any atom is 0.187 e. The van der Waals surface area contributed by atoms with E-state index in [-0.39, 0.29) is 18.0 Å². The Morgan fingerprint density at radius 1 is 1.19 bits per heavy atom. The van der Waals surface area contributed by atoms with Crippen LogP contribution >= 0.6 is 11.8 Å². The molecule has 0 aliphatic rings. The molecular formula is C16H19FN2OS. The molecule has 1 aromatic heterocycles. The molecule has 0 radical (unpaired) electrons. The normalized spacial score (nSPS) is 9.71. The first kappa shape index (κ1) is 17.3. The molecule has 0 bridgehead atoms. The van der Waals surface area contributed by atoms with Crippen LogP contribution in [0.25, 0.3) is 0 Å². The number of thioether (sulfide) groups is 1. The molecule has 0 N–H and O–H groups in total. The Hall–Kier alpha value is -1.75. The summed E-state index contributed by atoms with van der Waals surface area (Å²) in [7, 11) is 0. The molecule has 0 amide bonds. The Kier molecular flexibility index (Phi) is 7.61. The van der Waals surface area contributed by atoms with Crippen molar-refractivity contribution in [1.82, 2.24) is 9.97 Å². The first-order valence-electron chi connectivity index (χ1n) is 6.75. The highest BCUT2D eigenvalue weighted by atomic mass is 32.2. The van der Waals surface area contributed by atoms with E-state index in [9.17, 15) is 9.18 Å². The molecule has 0 spiro atoms. The monoisotopic (exact) mass is 306 g/mol. The lowest BCUT2D eigenvalue weighted by atomic mass is 10.1. The lowest BCUT2D eigenvalue weighted by Crippen LogP contribution is -2.05. The molecule has 21 heavy (non-hydrogen) atoms. The van der Waals surface area contributed by atoms with Crippen LogP contribution in [-0.2, 0) is 6.42 Å². The highest BCUT2D eigenvalue weighted by Crippen LogP contribution is 2.11. The van der Waals surface area contributed by atoms with Gasteiger partial charge in [0.2, 0.25) is 0 Å². The van der Waals surface area contributed by atoms with Gasteiger partial charge < -0.3 is 0 Å². The van der Waals surface area contributed by atoms with Gasteiger partial charge in [0.15, 0.2) is 10.9 Å². The predicted octanol–water partition coefficient (Wildman–Crippen LogP) is 4.18. The molecular weight excluding hydrogens is 287 g/mol. The highest BCUT2D eigenvalue weighted by Gasteiger charge is 2.08. The van der Waals surface area contributed by atoms with E-state index in [1.807, 2.05) is 6.26 Å². The van der Waals surface area contributed by atoms with Crippen molar-refractivity contribution in [2.75, 3.05) is 6.26 Å². The first-order chi connectivity index (χ1) is 10.1. The van der Waals surface area contributed by atoms with E-state index in [0.29, 0.717) is 16.4 Å². The average Bonchev–Trinajstić information content (AvgIpc) is 2.49. The number of rotatable bonds is 4. The van der Waals surface area contributed by atoms with Crippen LogP contribution in [0.2, 0.25) is 0 Å². The van der Waals surface area contributed by atoms with E-state index in [1.165, 1.54) is 42.4 Å². The van der Waals surface area contributed by atoms with E-state index in [4.69, 9.17) is 0 Å². The molecule has 0 unspecified atom stereocenters. The van der Waals surface area contributed by atoms with Gasteiger partial charge in [-0.25, -0.2) is 14.4 Å². The van der Waals surface area contributed by atoms with Crippen LogP contribution < -0.4 is 0 Å². The minimum Gasteiger partial charge on any atom is -0.294 e. The molecule has 0 aliphatic carbocycles. The number of halogens is 1. The van der Waals surface area contributed by atoms with Gasteiger partial charge in [0, 0.05) is 11.8 Å². The van der Waals surface area contributed by atoms with Crippen LogP contribution in [0.1, 0.15) is 36.3 Å². The number of benzene rings is 1. The lowest BCUT2D eigenvalue weighted by molar-refractivity contribution is 0.0991. The van der Waals surface area contributed by atoms with Gasteiger partial charge in [-0.15, -0.1) is 0 Å². The van der Waals surface area contributed by atoms with Crippen molar-refractivity contribution in [3.8, 4) is 0 Å². The number of carbonyl (C=O) groups excluding carboxylic acids is 1. The molecule has 1 heterocycles. The highest BCUT2D eigenvalue weighted by molar-refractivity contribution is 7.98. The molecule has 0 saturated carbocycles. The van der Waals surface area contributed by atoms with Crippen LogP contribution in [0.3, 0.4) is 0 Å². The number of aromatic nitrogens is 2. The van der Waals surface area contributed by atoms with Crippen molar-refractivity contribution in [3.05, 3.63) is 53.6 Å². The van der Waals surface area contributed by atoms with Crippen LogP contribution in [0.5, 0.6) is 0 Å². The van der Waals surface area contributed by atoms with E-state index in [2.05, 4.69) is 23.8 Å². The summed E-state index contributed by atoms with van der Waals surface area (Å²) in [6.45, 7) is 4.25. The maximum atomic E-state index is 12.7. The molecule has 2 rings (SSSR count). The largest absolute Gasteiger partial charge is 0.294 e. The zero-order valence-corrected chi connectivity index (χ0v) is 13.3. The number of hydrogen-bond donors (Lipinski definition) is 0. The lowest BCUT2D eigenvalue weighted by Gasteiger charge is -2.02. The third-order valence-electron chi connectivity index (χ3n) is 2.38. The molecule has 0 saturated heterocycles. The summed E-state index contributed by atoms with van der Waals surface area (Å²) >= 11 is 1.42. The van der Waals surface area contributed by atoms with E-state index >= 15 is 0 Å². The molecule has 1 aromatic carbocycles. The maximum absolute atomic E-state index is 12.7. The minimum absolute atomic E-state index is 0.0826. The van der Waals surface area contributed by atoms with Gasteiger partial charge >= 0.3 is 0 Å². The fraction of sp³-hybridized carbons (Fsp3) is 0.312. The van der Waals surface area contributed by atoms with Gasteiger partial charge in [0.05, 0.1) is 12.1 Å². The summed E-state index contributed by atoms with van der Waals surface area (Å²) in [5.41, 5.74) is 1.16. The number of carbonyl (C=O) groups is 1. The van der Waals surface area contributed by atoms with Crippen LogP contribution in [0.15, 0.2) is 41.7 Å². The van der Waals surface area contributed by atoms with Crippen molar-refractivity contribution in [3.63, 3.8) is 0 Å². The first-order valence-corrected chi connectivity index (χ1v) is 7.97. The Balaban J connectivity index is 0.000000677. The molecule has 0 atom stereocenters. The topological polar surface area (TPSA) is 42.9 Å². The average molecular weight is 306 g/mol. The number of nitrogens with zero attached hydrogens (tertiary/aromatic N) is 2. The zero-order valence-electron chi connectivity index (χ0n) is 12.5. The summed E-state index contributed by atoms with van der Waals surface area (Å²) in [5.74, 6) is -0.431. The molecule has 2 aromatic rings. The fourth-order valence-electron chi connectivity index (χ4n) is 1.48. The molecule has 3 nitrogen and oxygen atoms in total. The van der Waals surface area contributed by atoms with Crippen molar-refractivity contribution < 1.29 is 9.18 Å². The molecule has 0 fully saturated rings. The number of ketones is 1. The summed E-state index contributed by atoms with van der Waals surface area (Å²) in [4.78, 5) is 20.2. The predicted molar refractivity (Wildman–Crippen MR) is 84.2 cm³/mol. The quantitative estimate of drug-likeness (QED) is 0.483. The summed E-state index contributed by atoms with van der Waals surface area (Å²) in [5, 5.41) is 0.638. The fourth-order valence-corrected chi connectivity index (χ4v) is 1.85. The van der Waals surface area contributed by atoms with Crippen LogP contribution in [0.4, 0.5) is 4.39 Å². The second-order valence-electron chi connectivity index (χ2n) is 4.35. The zero-order chi connectivity index (χ0) is 15.7. The number of hydrogen-bond acceptors (Lipinski definition) is 4. The van der Waals surface area contributed by atoms with Crippen LogP contribution in [-0.4, -0.2) is 22.0 Å².